The van der Waals surface area contributed by atoms with E-state index < -0.39 is 5.97 Å². The van der Waals surface area contributed by atoms with Gasteiger partial charge in [0.1, 0.15) is 0 Å². The first-order chi connectivity index (χ1) is 6.27. The zero-order valence-corrected chi connectivity index (χ0v) is 7.23. The number of aromatic carboxylic acids is 1. The van der Waals surface area contributed by atoms with Crippen molar-refractivity contribution in [2.75, 3.05) is 0 Å². The molecule has 0 aromatic carbocycles. The number of rotatable bonds is 2. The molecule has 68 valence electrons. The summed E-state index contributed by atoms with van der Waals surface area (Å²) < 4.78 is 0. The molecule has 1 heterocycles. The smallest absolute Gasteiger partial charge is 0.337 e. The number of carboxylic acid groups (broad SMARTS) is 1. The molecular weight excluding hydrogens is 166 g/mol. The Morgan fingerprint density at radius 2 is 2.23 bits per heavy atom. The molecule has 0 saturated heterocycles. The van der Waals surface area contributed by atoms with Crippen LogP contribution in [0.25, 0.3) is 0 Å². The fourth-order valence-electron chi connectivity index (χ4n) is 1.54. The van der Waals surface area contributed by atoms with Gasteiger partial charge in [0.25, 0.3) is 0 Å². The minimum absolute atomic E-state index is 0.296. The van der Waals surface area contributed by atoms with E-state index in [9.17, 15) is 4.79 Å². The summed E-state index contributed by atoms with van der Waals surface area (Å²) in [4.78, 5) is 14.6. The number of hydrogen-bond donors (Lipinski definition) is 1. The molecule has 1 N–H and O–H groups in total. The third kappa shape index (κ3) is 1.54. The van der Waals surface area contributed by atoms with Crippen LogP contribution in [0.3, 0.4) is 0 Å². The minimum atomic E-state index is -0.895. The van der Waals surface area contributed by atoms with E-state index in [-0.39, 0.29) is 0 Å². The van der Waals surface area contributed by atoms with Gasteiger partial charge in [0, 0.05) is 12.4 Å². The van der Waals surface area contributed by atoms with Gasteiger partial charge >= 0.3 is 5.97 Å². The van der Waals surface area contributed by atoms with E-state index in [1.165, 1.54) is 25.5 Å². The van der Waals surface area contributed by atoms with Crippen molar-refractivity contribution in [3.8, 4) is 0 Å². The fraction of sp³-hybridized carbons (Fsp3) is 0.400. The Hall–Kier alpha value is -1.38. The van der Waals surface area contributed by atoms with Gasteiger partial charge in [0.15, 0.2) is 0 Å². The molecule has 1 aliphatic rings. The van der Waals surface area contributed by atoms with Crippen LogP contribution in [0.2, 0.25) is 0 Å². The second-order valence-corrected chi connectivity index (χ2v) is 3.44. The van der Waals surface area contributed by atoms with E-state index in [2.05, 4.69) is 4.98 Å². The fourth-order valence-corrected chi connectivity index (χ4v) is 1.54. The number of pyridine rings is 1. The summed E-state index contributed by atoms with van der Waals surface area (Å²) in [6.07, 6.45) is 6.76. The standard InChI is InChI=1S/C10H11NO2/c12-10(13)9-4-8(5-11-6-9)7-2-1-3-7/h4-7H,1-3H2,(H,12,13). The van der Waals surface area contributed by atoms with Crippen LogP contribution in [0.5, 0.6) is 0 Å². The summed E-state index contributed by atoms with van der Waals surface area (Å²) in [7, 11) is 0. The second-order valence-electron chi connectivity index (χ2n) is 3.44. The Labute approximate surface area is 76.4 Å². The van der Waals surface area contributed by atoms with Gasteiger partial charge in [0.2, 0.25) is 0 Å². The Balaban J connectivity index is 2.26. The van der Waals surface area contributed by atoms with E-state index >= 15 is 0 Å². The van der Waals surface area contributed by atoms with Gasteiger partial charge in [-0.3, -0.25) is 4.98 Å². The van der Waals surface area contributed by atoms with Crippen molar-refractivity contribution in [3.63, 3.8) is 0 Å². The van der Waals surface area contributed by atoms with Crippen molar-refractivity contribution in [2.45, 2.75) is 25.2 Å². The molecule has 1 aliphatic carbocycles. The third-order valence-corrected chi connectivity index (χ3v) is 2.58. The highest BCUT2D eigenvalue weighted by Crippen LogP contribution is 2.35. The zero-order valence-electron chi connectivity index (χ0n) is 7.23. The first-order valence-electron chi connectivity index (χ1n) is 4.45. The number of carbonyl (C=O) groups is 1. The minimum Gasteiger partial charge on any atom is -0.478 e. The molecule has 0 spiro atoms. The van der Waals surface area contributed by atoms with Gasteiger partial charge in [-0.1, -0.05) is 6.42 Å². The highest BCUT2D eigenvalue weighted by Gasteiger charge is 2.20. The lowest BCUT2D eigenvalue weighted by Gasteiger charge is -2.25. The Morgan fingerprint density at radius 1 is 1.46 bits per heavy atom. The molecule has 1 aromatic rings. The van der Waals surface area contributed by atoms with Crippen molar-refractivity contribution in [2.24, 2.45) is 0 Å². The van der Waals surface area contributed by atoms with Crippen molar-refractivity contribution < 1.29 is 9.90 Å². The van der Waals surface area contributed by atoms with Crippen LogP contribution in [0.1, 0.15) is 41.1 Å². The molecule has 13 heavy (non-hydrogen) atoms. The predicted octanol–water partition coefficient (Wildman–Crippen LogP) is 2.05. The van der Waals surface area contributed by atoms with Gasteiger partial charge in [-0.2, -0.15) is 0 Å². The zero-order chi connectivity index (χ0) is 9.26. The van der Waals surface area contributed by atoms with Crippen molar-refractivity contribution in [3.05, 3.63) is 29.6 Å². The van der Waals surface area contributed by atoms with Gasteiger partial charge in [-0.25, -0.2) is 4.79 Å². The predicted molar refractivity (Wildman–Crippen MR) is 47.8 cm³/mol. The van der Waals surface area contributed by atoms with Crippen molar-refractivity contribution in [1.29, 1.82) is 0 Å². The van der Waals surface area contributed by atoms with E-state index in [1.54, 1.807) is 12.3 Å². The molecular formula is C10H11NO2. The molecule has 0 amide bonds. The molecule has 3 heteroatoms. The van der Waals surface area contributed by atoms with Crippen molar-refractivity contribution in [1.82, 2.24) is 4.98 Å². The lowest BCUT2D eigenvalue weighted by atomic mass is 9.80. The molecule has 2 rings (SSSR count). The van der Waals surface area contributed by atoms with Crippen LogP contribution in [-0.2, 0) is 0 Å². The highest BCUT2D eigenvalue weighted by atomic mass is 16.4. The summed E-state index contributed by atoms with van der Waals surface area (Å²) in [6, 6.07) is 1.74. The highest BCUT2D eigenvalue weighted by molar-refractivity contribution is 5.87. The molecule has 3 nitrogen and oxygen atoms in total. The van der Waals surface area contributed by atoms with Gasteiger partial charge in [-0.05, 0) is 30.4 Å². The number of nitrogens with zero attached hydrogens (tertiary/aromatic N) is 1. The Bertz CT molecular complexity index is 331. The van der Waals surface area contributed by atoms with E-state index in [4.69, 9.17) is 5.11 Å². The van der Waals surface area contributed by atoms with Gasteiger partial charge in [-0.15, -0.1) is 0 Å². The van der Waals surface area contributed by atoms with Gasteiger partial charge < -0.3 is 5.11 Å². The maximum atomic E-state index is 10.6. The molecule has 1 fully saturated rings. The summed E-state index contributed by atoms with van der Waals surface area (Å²) in [6.45, 7) is 0. The Kier molecular flexibility index (Phi) is 2.00. The van der Waals surface area contributed by atoms with Gasteiger partial charge in [0.05, 0.1) is 5.56 Å². The molecule has 0 bridgehead atoms. The maximum Gasteiger partial charge on any atom is 0.337 e. The van der Waals surface area contributed by atoms with Crippen LogP contribution >= 0.6 is 0 Å². The van der Waals surface area contributed by atoms with Crippen LogP contribution in [0.4, 0.5) is 0 Å². The second kappa shape index (κ2) is 3.17. The monoisotopic (exact) mass is 177 g/mol. The molecule has 0 atom stereocenters. The third-order valence-electron chi connectivity index (χ3n) is 2.58. The molecule has 0 aliphatic heterocycles. The van der Waals surface area contributed by atoms with Crippen molar-refractivity contribution >= 4 is 5.97 Å². The number of hydrogen-bond acceptors (Lipinski definition) is 2. The summed E-state index contributed by atoms with van der Waals surface area (Å²) in [5, 5.41) is 8.74. The number of carboxylic acids is 1. The lowest BCUT2D eigenvalue weighted by Crippen LogP contribution is -2.10. The maximum absolute atomic E-state index is 10.6. The lowest BCUT2D eigenvalue weighted by molar-refractivity contribution is 0.0696. The van der Waals surface area contributed by atoms with E-state index in [0.717, 1.165) is 5.56 Å². The van der Waals surface area contributed by atoms with E-state index in [1.807, 2.05) is 0 Å². The average Bonchev–Trinajstić information content (AvgIpc) is 2.01. The quantitative estimate of drug-likeness (QED) is 0.752. The van der Waals surface area contributed by atoms with Crippen LogP contribution < -0.4 is 0 Å². The SMILES string of the molecule is O=C(O)c1cncc(C2CCC2)c1. The average molecular weight is 177 g/mol. The summed E-state index contributed by atoms with van der Waals surface area (Å²) in [5.74, 6) is -0.347. The summed E-state index contributed by atoms with van der Waals surface area (Å²) in [5.41, 5.74) is 1.37. The van der Waals surface area contributed by atoms with Crippen LogP contribution in [-0.4, -0.2) is 16.1 Å². The topological polar surface area (TPSA) is 50.2 Å². The van der Waals surface area contributed by atoms with Crippen LogP contribution in [0, 0.1) is 0 Å². The largest absolute Gasteiger partial charge is 0.478 e. The first kappa shape index (κ1) is 8.23. The first-order valence-corrected chi connectivity index (χ1v) is 4.45. The van der Waals surface area contributed by atoms with E-state index in [0.29, 0.717) is 11.5 Å². The molecule has 0 radical (unpaired) electrons. The molecule has 1 aromatic heterocycles. The van der Waals surface area contributed by atoms with Crippen LogP contribution in [0.15, 0.2) is 18.5 Å². The molecule has 1 saturated carbocycles. The summed E-state index contributed by atoms with van der Waals surface area (Å²) >= 11 is 0. The number of aromatic nitrogens is 1. The normalized spacial score (nSPS) is 16.6. The Morgan fingerprint density at radius 3 is 2.77 bits per heavy atom. The molecule has 0 unspecified atom stereocenters.